The number of benzene rings is 1. The van der Waals surface area contributed by atoms with E-state index in [1.807, 2.05) is 4.90 Å². The van der Waals surface area contributed by atoms with Crippen molar-refractivity contribution >= 4 is 24.2 Å². The van der Waals surface area contributed by atoms with Gasteiger partial charge in [0.05, 0.1) is 18.0 Å². The monoisotopic (exact) mass is 487 g/mol. The van der Waals surface area contributed by atoms with Crippen LogP contribution >= 0.6 is 12.4 Å². The number of carbonyl (C=O) groups excluding carboxylic acids is 2. The van der Waals surface area contributed by atoms with E-state index in [2.05, 4.69) is 0 Å². The Bertz CT molecular complexity index is 794. The Morgan fingerprint density at radius 2 is 1.50 bits per heavy atom. The highest BCUT2D eigenvalue weighted by atomic mass is 35.5. The van der Waals surface area contributed by atoms with Crippen LogP contribution in [0.4, 0.5) is 26.3 Å². The first-order valence-electron chi connectivity index (χ1n) is 9.99. The first kappa shape index (κ1) is 26.2. The predicted molar refractivity (Wildman–Crippen MR) is 106 cm³/mol. The van der Waals surface area contributed by atoms with Crippen molar-refractivity contribution in [1.82, 2.24) is 14.7 Å². The Balaban J connectivity index is 0.00000363. The normalized spacial score (nSPS) is 20.2. The van der Waals surface area contributed by atoms with Crippen molar-refractivity contribution in [2.45, 2.75) is 37.7 Å². The highest BCUT2D eigenvalue weighted by molar-refractivity contribution is 5.85. The van der Waals surface area contributed by atoms with E-state index in [-0.39, 0.29) is 44.4 Å². The van der Waals surface area contributed by atoms with Crippen LogP contribution in [0.3, 0.4) is 0 Å². The highest BCUT2D eigenvalue weighted by Crippen LogP contribution is 2.29. The van der Waals surface area contributed by atoms with E-state index >= 15 is 0 Å². The van der Waals surface area contributed by atoms with Crippen molar-refractivity contribution in [2.75, 3.05) is 39.3 Å². The van der Waals surface area contributed by atoms with Crippen molar-refractivity contribution in [1.29, 1.82) is 0 Å². The minimum absolute atomic E-state index is 0. The van der Waals surface area contributed by atoms with E-state index in [1.165, 1.54) is 17.0 Å². The number of likely N-dealkylation sites (tertiary alicyclic amines) is 1. The Morgan fingerprint density at radius 3 is 2.03 bits per heavy atom. The molecule has 5 nitrogen and oxygen atoms in total. The fourth-order valence-corrected chi connectivity index (χ4v) is 4.05. The zero-order valence-corrected chi connectivity index (χ0v) is 17.9. The molecule has 2 fully saturated rings. The molecular formula is C20H24ClF6N3O2. The summed E-state index contributed by atoms with van der Waals surface area (Å²) < 4.78 is 76.7. The molecule has 2 amide bonds. The molecule has 0 aliphatic carbocycles. The lowest BCUT2D eigenvalue weighted by molar-refractivity contribution is -0.188. The lowest BCUT2D eigenvalue weighted by Gasteiger charge is -2.43. The highest BCUT2D eigenvalue weighted by Gasteiger charge is 2.45. The average molecular weight is 488 g/mol. The molecule has 180 valence electrons. The van der Waals surface area contributed by atoms with Crippen LogP contribution in [0.25, 0.3) is 0 Å². The van der Waals surface area contributed by atoms with Crippen LogP contribution in [0.2, 0.25) is 0 Å². The van der Waals surface area contributed by atoms with Crippen LogP contribution in [0.5, 0.6) is 0 Å². The number of carbonyl (C=O) groups is 2. The SMILES string of the molecule is Cl.O=C(Cc1ccc(C(F)(F)F)cc1)N1CCN(C(=O)C(F)(F)F)CC1CN1CCCC1. The molecule has 0 aromatic heterocycles. The molecule has 0 bridgehead atoms. The minimum Gasteiger partial charge on any atom is -0.335 e. The summed E-state index contributed by atoms with van der Waals surface area (Å²) in [5.41, 5.74) is -0.443. The smallest absolute Gasteiger partial charge is 0.335 e. The van der Waals surface area contributed by atoms with Crippen molar-refractivity contribution in [3.05, 3.63) is 35.4 Å². The molecule has 1 atom stereocenters. The molecule has 0 saturated carbocycles. The lowest BCUT2D eigenvalue weighted by atomic mass is 10.1. The van der Waals surface area contributed by atoms with Gasteiger partial charge in [-0.1, -0.05) is 12.1 Å². The number of rotatable bonds is 4. The zero-order valence-electron chi connectivity index (χ0n) is 17.1. The minimum atomic E-state index is -4.98. The summed E-state index contributed by atoms with van der Waals surface area (Å²) in [5.74, 6) is -2.31. The second-order valence-corrected chi connectivity index (χ2v) is 7.87. The largest absolute Gasteiger partial charge is 0.471 e. The van der Waals surface area contributed by atoms with E-state index in [9.17, 15) is 35.9 Å². The van der Waals surface area contributed by atoms with Crippen LogP contribution in [0, 0.1) is 0 Å². The van der Waals surface area contributed by atoms with Gasteiger partial charge in [0.15, 0.2) is 0 Å². The van der Waals surface area contributed by atoms with Crippen LogP contribution in [-0.4, -0.2) is 78.0 Å². The molecule has 1 aromatic carbocycles. The Morgan fingerprint density at radius 1 is 0.906 bits per heavy atom. The van der Waals surface area contributed by atoms with Crippen LogP contribution in [0.15, 0.2) is 24.3 Å². The first-order chi connectivity index (χ1) is 14.4. The quantitative estimate of drug-likeness (QED) is 0.612. The summed E-state index contributed by atoms with van der Waals surface area (Å²) in [5, 5.41) is 0. The van der Waals surface area contributed by atoms with E-state index < -0.39 is 29.9 Å². The van der Waals surface area contributed by atoms with Crippen molar-refractivity contribution < 1.29 is 35.9 Å². The summed E-state index contributed by atoms with van der Waals surface area (Å²) in [7, 11) is 0. The number of halogens is 7. The zero-order chi connectivity index (χ0) is 22.8. The number of alkyl halides is 6. The summed E-state index contributed by atoms with van der Waals surface area (Å²) in [6.45, 7) is 1.36. The molecule has 0 radical (unpaired) electrons. The molecule has 0 N–H and O–H groups in total. The third kappa shape index (κ3) is 6.50. The number of hydrogen-bond acceptors (Lipinski definition) is 3. The van der Waals surface area contributed by atoms with Gasteiger partial charge in [0.25, 0.3) is 0 Å². The number of piperazine rings is 1. The maximum atomic E-state index is 12.9. The molecule has 2 heterocycles. The van der Waals surface area contributed by atoms with Crippen molar-refractivity contribution in [3.63, 3.8) is 0 Å². The standard InChI is InChI=1S/C20H23F6N3O2.ClH/c21-19(22,23)15-5-3-14(4-6-15)11-17(30)29-10-9-28(18(31)20(24,25)26)13-16(29)12-27-7-1-2-8-27;/h3-6,16H,1-2,7-13H2;1H. The van der Waals surface area contributed by atoms with Crippen molar-refractivity contribution in [3.8, 4) is 0 Å². The van der Waals surface area contributed by atoms with Crippen LogP contribution in [-0.2, 0) is 22.2 Å². The van der Waals surface area contributed by atoms with Gasteiger partial charge in [0, 0.05) is 26.2 Å². The van der Waals surface area contributed by atoms with Crippen LogP contribution < -0.4 is 0 Å². The molecule has 12 heteroatoms. The molecule has 1 aromatic rings. The van der Waals surface area contributed by atoms with E-state index in [0.29, 0.717) is 12.1 Å². The Labute approximate surface area is 187 Å². The fraction of sp³-hybridized carbons (Fsp3) is 0.600. The summed E-state index contributed by atoms with van der Waals surface area (Å²) in [6.07, 6.45) is -7.72. The van der Waals surface area contributed by atoms with Gasteiger partial charge in [0.2, 0.25) is 5.91 Å². The van der Waals surface area contributed by atoms with Gasteiger partial charge in [-0.15, -0.1) is 12.4 Å². The van der Waals surface area contributed by atoms with Gasteiger partial charge in [0.1, 0.15) is 0 Å². The second kappa shape index (κ2) is 10.3. The summed E-state index contributed by atoms with van der Waals surface area (Å²) in [4.78, 5) is 28.8. The van der Waals surface area contributed by atoms with Gasteiger partial charge in [-0.05, 0) is 43.6 Å². The average Bonchev–Trinajstić information content (AvgIpc) is 3.19. The molecule has 3 rings (SSSR count). The van der Waals surface area contributed by atoms with Gasteiger partial charge >= 0.3 is 18.3 Å². The Kier molecular flexibility index (Phi) is 8.44. The number of nitrogens with zero attached hydrogens (tertiary/aromatic N) is 3. The molecule has 2 aliphatic rings. The third-order valence-electron chi connectivity index (χ3n) is 5.64. The second-order valence-electron chi connectivity index (χ2n) is 7.87. The van der Waals surface area contributed by atoms with Crippen molar-refractivity contribution in [2.24, 2.45) is 0 Å². The molecule has 0 spiro atoms. The summed E-state index contributed by atoms with van der Waals surface area (Å²) >= 11 is 0. The Hall–Kier alpha value is -2.01. The maximum Gasteiger partial charge on any atom is 0.471 e. The predicted octanol–water partition coefficient (Wildman–Crippen LogP) is 3.37. The lowest BCUT2D eigenvalue weighted by Crippen LogP contribution is -2.61. The van der Waals surface area contributed by atoms with E-state index in [1.54, 1.807) is 0 Å². The van der Waals surface area contributed by atoms with E-state index in [4.69, 9.17) is 0 Å². The molecule has 2 saturated heterocycles. The van der Waals surface area contributed by atoms with Gasteiger partial charge in [-0.2, -0.15) is 26.3 Å². The number of amides is 2. The molecule has 2 aliphatic heterocycles. The molecule has 1 unspecified atom stereocenters. The van der Waals surface area contributed by atoms with Gasteiger partial charge in [-0.25, -0.2) is 0 Å². The van der Waals surface area contributed by atoms with E-state index in [0.717, 1.165) is 43.0 Å². The molecule has 32 heavy (non-hydrogen) atoms. The first-order valence-corrected chi connectivity index (χ1v) is 9.99. The van der Waals surface area contributed by atoms with Gasteiger partial charge in [-0.3, -0.25) is 9.59 Å². The maximum absolute atomic E-state index is 12.9. The van der Waals surface area contributed by atoms with Gasteiger partial charge < -0.3 is 14.7 Å². The fourth-order valence-electron chi connectivity index (χ4n) is 4.05. The van der Waals surface area contributed by atoms with Crippen LogP contribution in [0.1, 0.15) is 24.0 Å². The topological polar surface area (TPSA) is 43.9 Å². The third-order valence-corrected chi connectivity index (χ3v) is 5.64. The molecular weight excluding hydrogens is 464 g/mol. The number of hydrogen-bond donors (Lipinski definition) is 0. The summed E-state index contributed by atoms with van der Waals surface area (Å²) in [6, 6.07) is 3.62.